The van der Waals surface area contributed by atoms with E-state index >= 15 is 0 Å². The number of hydroxylamine groups is 1. The van der Waals surface area contributed by atoms with E-state index in [1.165, 1.54) is 36.9 Å². The monoisotopic (exact) mass is 315 g/mol. The van der Waals surface area contributed by atoms with Crippen molar-refractivity contribution in [3.05, 3.63) is 35.7 Å². The number of aromatic nitrogens is 1. The molecule has 5 heteroatoms. The molecule has 0 aromatic carbocycles. The molecule has 1 saturated heterocycles. The minimum atomic E-state index is 0.199. The first-order valence-electron chi connectivity index (χ1n) is 8.64. The lowest BCUT2D eigenvalue weighted by Gasteiger charge is -2.50. The van der Waals surface area contributed by atoms with Crippen molar-refractivity contribution in [2.75, 3.05) is 13.2 Å². The van der Waals surface area contributed by atoms with Gasteiger partial charge in [-0.1, -0.05) is 6.58 Å². The molecule has 2 N–H and O–H groups in total. The van der Waals surface area contributed by atoms with Gasteiger partial charge in [-0.05, 0) is 50.2 Å². The predicted octanol–water partition coefficient (Wildman–Crippen LogP) is 2.49. The van der Waals surface area contributed by atoms with Gasteiger partial charge in [-0.25, -0.2) is 0 Å². The number of nitrogens with one attached hydrogen (secondary N) is 1. The summed E-state index contributed by atoms with van der Waals surface area (Å²) in [5, 5.41) is 8.99. The molecule has 2 fully saturated rings. The van der Waals surface area contributed by atoms with Gasteiger partial charge in [-0.2, -0.15) is 0 Å². The smallest absolute Gasteiger partial charge is 0.0697 e. The summed E-state index contributed by atoms with van der Waals surface area (Å²) >= 11 is 0. The Labute approximate surface area is 137 Å². The van der Waals surface area contributed by atoms with Gasteiger partial charge >= 0.3 is 0 Å². The summed E-state index contributed by atoms with van der Waals surface area (Å²) < 4.78 is 6.06. The van der Waals surface area contributed by atoms with Crippen LogP contribution in [0, 0.1) is 0 Å². The van der Waals surface area contributed by atoms with Crippen LogP contribution in [-0.2, 0) is 17.7 Å². The number of ether oxygens (including phenoxy) is 1. The van der Waals surface area contributed by atoms with Crippen LogP contribution in [0.25, 0.3) is 5.70 Å². The van der Waals surface area contributed by atoms with Crippen LogP contribution in [0.3, 0.4) is 0 Å². The van der Waals surface area contributed by atoms with Gasteiger partial charge in [0.05, 0.1) is 17.0 Å². The number of nitrogens with zero attached hydrogens (tertiary/aromatic N) is 2. The normalized spacial score (nSPS) is 26.4. The lowest BCUT2D eigenvalue weighted by molar-refractivity contribution is -0.149. The minimum absolute atomic E-state index is 0.199. The first kappa shape index (κ1) is 15.1. The van der Waals surface area contributed by atoms with Crippen molar-refractivity contribution in [2.45, 2.75) is 56.7 Å². The minimum Gasteiger partial charge on any atom is -0.375 e. The maximum atomic E-state index is 8.99. The largest absolute Gasteiger partial charge is 0.375 e. The fraction of sp³-hybridized carbons (Fsp3) is 0.611. The van der Waals surface area contributed by atoms with Crippen LogP contribution >= 0.6 is 0 Å². The molecular formula is C18H25N3O2. The van der Waals surface area contributed by atoms with E-state index in [9.17, 15) is 0 Å². The number of fused-ring (bicyclic) bond motifs is 1. The Bertz CT molecular complexity index is 612. The summed E-state index contributed by atoms with van der Waals surface area (Å²) in [6.45, 7) is 6.70. The topological polar surface area (TPSA) is 57.6 Å². The van der Waals surface area contributed by atoms with Crippen molar-refractivity contribution in [1.82, 2.24) is 15.4 Å². The van der Waals surface area contributed by atoms with E-state index in [1.54, 1.807) is 6.20 Å². The van der Waals surface area contributed by atoms with Crippen molar-refractivity contribution in [2.24, 2.45) is 0 Å². The van der Waals surface area contributed by atoms with Gasteiger partial charge in [0.15, 0.2) is 0 Å². The SMILES string of the molecule is C=C(NO)c1cnc2c(c1)CCN([C@H]1CCOC3(CCC3)C1)C2. The Hall–Kier alpha value is -1.43. The molecule has 1 aromatic rings. The molecule has 0 unspecified atom stereocenters. The Morgan fingerprint density at radius 3 is 3.09 bits per heavy atom. The first-order valence-corrected chi connectivity index (χ1v) is 8.64. The number of hydrogen-bond donors (Lipinski definition) is 2. The highest BCUT2D eigenvalue weighted by Crippen LogP contribution is 2.43. The van der Waals surface area contributed by atoms with E-state index in [0.29, 0.717) is 11.7 Å². The van der Waals surface area contributed by atoms with Crippen molar-refractivity contribution >= 4 is 5.70 Å². The molecule has 124 valence electrons. The van der Waals surface area contributed by atoms with Crippen molar-refractivity contribution < 1.29 is 9.94 Å². The highest BCUT2D eigenvalue weighted by atomic mass is 16.5. The fourth-order valence-corrected chi connectivity index (χ4v) is 4.21. The molecule has 1 saturated carbocycles. The molecule has 3 heterocycles. The van der Waals surface area contributed by atoms with Crippen LogP contribution < -0.4 is 5.48 Å². The Morgan fingerprint density at radius 1 is 1.48 bits per heavy atom. The molecule has 23 heavy (non-hydrogen) atoms. The maximum absolute atomic E-state index is 8.99. The van der Waals surface area contributed by atoms with E-state index < -0.39 is 0 Å². The average molecular weight is 315 g/mol. The Morgan fingerprint density at radius 2 is 2.35 bits per heavy atom. The third-order valence-corrected chi connectivity index (χ3v) is 5.81. The van der Waals surface area contributed by atoms with Crippen LogP contribution in [0.15, 0.2) is 18.8 Å². The van der Waals surface area contributed by atoms with Gasteiger partial charge < -0.3 is 4.74 Å². The van der Waals surface area contributed by atoms with E-state index in [0.717, 1.165) is 38.1 Å². The quantitative estimate of drug-likeness (QED) is 0.839. The molecule has 2 aliphatic heterocycles. The summed E-state index contributed by atoms with van der Waals surface area (Å²) in [4.78, 5) is 7.21. The summed E-state index contributed by atoms with van der Waals surface area (Å²) in [6.07, 6.45) is 8.94. The van der Waals surface area contributed by atoms with Crippen LogP contribution in [0.4, 0.5) is 0 Å². The predicted molar refractivity (Wildman–Crippen MR) is 87.9 cm³/mol. The van der Waals surface area contributed by atoms with Crippen molar-refractivity contribution in [1.29, 1.82) is 0 Å². The lowest BCUT2D eigenvalue weighted by Crippen LogP contribution is -2.52. The molecule has 1 aliphatic carbocycles. The van der Waals surface area contributed by atoms with Gasteiger partial charge in [-0.3, -0.25) is 20.6 Å². The van der Waals surface area contributed by atoms with E-state index in [4.69, 9.17) is 9.94 Å². The lowest BCUT2D eigenvalue weighted by atomic mass is 9.73. The molecular weight excluding hydrogens is 290 g/mol. The van der Waals surface area contributed by atoms with Crippen LogP contribution in [0.2, 0.25) is 0 Å². The van der Waals surface area contributed by atoms with Crippen LogP contribution in [0.5, 0.6) is 0 Å². The second-order valence-electron chi connectivity index (χ2n) is 7.17. The Kier molecular flexibility index (Phi) is 3.87. The zero-order valence-electron chi connectivity index (χ0n) is 13.6. The molecule has 0 bridgehead atoms. The van der Waals surface area contributed by atoms with E-state index in [2.05, 4.69) is 28.0 Å². The second kappa shape index (κ2) is 5.89. The molecule has 1 aromatic heterocycles. The molecule has 5 nitrogen and oxygen atoms in total. The molecule has 0 radical (unpaired) electrons. The molecule has 4 rings (SSSR count). The molecule has 0 amide bonds. The van der Waals surface area contributed by atoms with Crippen molar-refractivity contribution in [3.63, 3.8) is 0 Å². The maximum Gasteiger partial charge on any atom is 0.0697 e. The summed E-state index contributed by atoms with van der Waals surface area (Å²) in [6, 6.07) is 2.73. The summed E-state index contributed by atoms with van der Waals surface area (Å²) in [7, 11) is 0. The number of rotatable bonds is 3. The zero-order chi connectivity index (χ0) is 15.9. The standard InChI is InChI=1S/C18H25N3O2/c1-13(20-22)15-9-14-3-7-21(12-17(14)19-11-15)16-4-8-23-18(10-16)5-2-6-18/h9,11,16,20,22H,1-8,10,12H2/t16-/m0/s1. The van der Waals surface area contributed by atoms with Gasteiger partial charge in [0.25, 0.3) is 0 Å². The van der Waals surface area contributed by atoms with Crippen LogP contribution in [-0.4, -0.2) is 39.9 Å². The summed E-state index contributed by atoms with van der Waals surface area (Å²) in [5.41, 5.74) is 6.12. The third kappa shape index (κ3) is 2.77. The van der Waals surface area contributed by atoms with Gasteiger partial charge in [0.2, 0.25) is 0 Å². The van der Waals surface area contributed by atoms with E-state index in [1.807, 2.05) is 0 Å². The molecule has 1 spiro atoms. The van der Waals surface area contributed by atoms with Gasteiger partial charge in [0, 0.05) is 37.5 Å². The molecule has 1 atom stereocenters. The average Bonchev–Trinajstić information content (AvgIpc) is 2.59. The van der Waals surface area contributed by atoms with Crippen molar-refractivity contribution in [3.8, 4) is 0 Å². The second-order valence-corrected chi connectivity index (χ2v) is 7.17. The van der Waals surface area contributed by atoms with Gasteiger partial charge in [-0.15, -0.1) is 0 Å². The third-order valence-electron chi connectivity index (χ3n) is 5.81. The molecule has 3 aliphatic rings. The fourth-order valence-electron chi connectivity index (χ4n) is 4.21. The number of hydrogen-bond acceptors (Lipinski definition) is 5. The number of pyridine rings is 1. The Balaban J connectivity index is 1.47. The highest BCUT2D eigenvalue weighted by molar-refractivity contribution is 5.60. The zero-order valence-corrected chi connectivity index (χ0v) is 13.6. The first-order chi connectivity index (χ1) is 11.2. The van der Waals surface area contributed by atoms with Crippen LogP contribution in [0.1, 0.15) is 48.9 Å². The van der Waals surface area contributed by atoms with E-state index in [-0.39, 0.29) is 5.60 Å². The highest BCUT2D eigenvalue weighted by Gasteiger charge is 2.44. The van der Waals surface area contributed by atoms with Gasteiger partial charge in [0.1, 0.15) is 0 Å². The summed E-state index contributed by atoms with van der Waals surface area (Å²) in [5.74, 6) is 0.